The summed E-state index contributed by atoms with van der Waals surface area (Å²) in [5.74, 6) is 0. The minimum atomic E-state index is -1.17. The average Bonchev–Trinajstić information content (AvgIpc) is 2.97. The van der Waals surface area contributed by atoms with E-state index < -0.39 is 10.8 Å². The number of rotatable bonds is 3. The van der Waals surface area contributed by atoms with Crippen molar-refractivity contribution in [2.75, 3.05) is 6.26 Å². The molecular formula is C32H28N4O2S. The van der Waals surface area contributed by atoms with E-state index in [4.69, 9.17) is 0 Å². The van der Waals surface area contributed by atoms with Gasteiger partial charge in [0.15, 0.2) is 0 Å². The predicted molar refractivity (Wildman–Crippen MR) is 157 cm³/mol. The van der Waals surface area contributed by atoms with Gasteiger partial charge in [-0.05, 0) is 70.9 Å². The Morgan fingerprint density at radius 3 is 2.69 bits per heavy atom. The Morgan fingerprint density at radius 2 is 1.82 bits per heavy atom. The van der Waals surface area contributed by atoms with Crippen LogP contribution in [0.5, 0.6) is 0 Å². The number of nitrogens with zero attached hydrogens (tertiary/aromatic N) is 3. The van der Waals surface area contributed by atoms with Crippen LogP contribution in [0.25, 0.3) is 27.1 Å². The minimum Gasteiger partial charge on any atom is -0.267 e. The van der Waals surface area contributed by atoms with Crippen LogP contribution in [0.2, 0.25) is 0 Å². The van der Waals surface area contributed by atoms with E-state index in [1.807, 2.05) is 24.3 Å². The maximum atomic E-state index is 11.8. The van der Waals surface area contributed by atoms with Gasteiger partial charge >= 0.3 is 0 Å². The molecule has 7 heteroatoms. The molecule has 7 rings (SSSR count). The summed E-state index contributed by atoms with van der Waals surface area (Å²) < 4.78 is 11.8. The fourth-order valence-corrected chi connectivity index (χ4v) is 6.02. The highest BCUT2D eigenvalue weighted by molar-refractivity contribution is 7.84. The molecule has 0 saturated heterocycles. The first-order valence-corrected chi connectivity index (χ1v) is 14.6. The normalized spacial score (nSPS) is 14.9. The van der Waals surface area contributed by atoms with Crippen LogP contribution < -0.4 is 5.56 Å². The number of H-pyrrole nitrogens is 1. The third kappa shape index (κ3) is 5.10. The lowest BCUT2D eigenvalue weighted by molar-refractivity contribution is 0.678. The monoisotopic (exact) mass is 532 g/mol. The van der Waals surface area contributed by atoms with E-state index in [1.54, 1.807) is 30.3 Å². The first-order valence-electron chi connectivity index (χ1n) is 13.1. The number of benzene rings is 3. The van der Waals surface area contributed by atoms with Gasteiger partial charge in [0.25, 0.3) is 5.56 Å². The predicted octanol–water partition coefficient (Wildman–Crippen LogP) is 5.93. The van der Waals surface area contributed by atoms with Gasteiger partial charge in [0.05, 0.1) is 17.0 Å². The van der Waals surface area contributed by atoms with Gasteiger partial charge in [-0.2, -0.15) is 5.10 Å². The van der Waals surface area contributed by atoms with Crippen LogP contribution in [0.3, 0.4) is 0 Å². The molecule has 2 aromatic heterocycles. The second-order valence-corrected chi connectivity index (χ2v) is 11.1. The van der Waals surface area contributed by atoms with Crippen molar-refractivity contribution < 1.29 is 4.21 Å². The molecule has 2 aliphatic rings. The number of nitrogens with one attached hydrogen (secondary N) is 1. The lowest BCUT2D eigenvalue weighted by Crippen LogP contribution is -2.08. The van der Waals surface area contributed by atoms with E-state index in [2.05, 4.69) is 62.6 Å². The van der Waals surface area contributed by atoms with Crippen molar-refractivity contribution in [1.29, 1.82) is 0 Å². The quantitative estimate of drug-likeness (QED) is 0.291. The maximum Gasteiger partial charge on any atom is 0.272 e. The Kier molecular flexibility index (Phi) is 6.99. The van der Waals surface area contributed by atoms with E-state index in [1.165, 1.54) is 45.9 Å². The summed E-state index contributed by atoms with van der Waals surface area (Å²) in [7, 11) is -1.17. The molecule has 0 spiro atoms. The standard InChI is InChI=1S/C24H22N2OS.C8H6N2O/c1-28(27)24-25-14-13-19(26-24)15-18-7-4-6-17-10-11-21-20-8-3-2-5-16(20)9-12-22(21)23(17)18;11-8-7-4-2-1-3-6(7)5-9-10-8/h3-4,6-8,10-11,13-14H,2,5,9,12,15H2,1H3;1-5H,(H,10,11). The first-order chi connectivity index (χ1) is 19.1. The van der Waals surface area contributed by atoms with Gasteiger partial charge in [0.2, 0.25) is 5.16 Å². The Balaban J connectivity index is 0.000000210. The molecule has 0 fully saturated rings. The SMILES string of the molecule is CS(=O)c1nccc(Cc2cccc3ccc4c(c23)CCC2=C4C=CCC2)n1.O=c1[nH]ncc2ccccc12. The second kappa shape index (κ2) is 10.9. The van der Waals surface area contributed by atoms with Crippen molar-refractivity contribution in [2.24, 2.45) is 0 Å². The lowest BCUT2D eigenvalue weighted by atomic mass is 9.78. The summed E-state index contributed by atoms with van der Waals surface area (Å²) in [6.07, 6.45) is 14.9. The molecule has 0 aliphatic heterocycles. The van der Waals surface area contributed by atoms with Crippen molar-refractivity contribution in [3.05, 3.63) is 124 Å². The molecule has 6 nitrogen and oxygen atoms in total. The van der Waals surface area contributed by atoms with Crippen LogP contribution in [-0.4, -0.2) is 30.6 Å². The van der Waals surface area contributed by atoms with Crippen molar-refractivity contribution >= 4 is 37.9 Å². The Bertz CT molecular complexity index is 1850. The molecule has 0 saturated carbocycles. The van der Waals surface area contributed by atoms with Crippen LogP contribution in [0.4, 0.5) is 0 Å². The number of aromatic nitrogens is 4. The zero-order valence-corrected chi connectivity index (χ0v) is 22.5. The zero-order valence-electron chi connectivity index (χ0n) is 21.7. The third-order valence-electron chi connectivity index (χ3n) is 7.38. The van der Waals surface area contributed by atoms with Gasteiger partial charge in [0.1, 0.15) is 0 Å². The molecule has 39 heavy (non-hydrogen) atoms. The van der Waals surface area contributed by atoms with Crippen molar-refractivity contribution in [2.45, 2.75) is 37.3 Å². The second-order valence-electron chi connectivity index (χ2n) is 9.81. The van der Waals surface area contributed by atoms with Crippen LogP contribution in [0.15, 0.2) is 101 Å². The number of fused-ring (bicyclic) bond motifs is 5. The summed E-state index contributed by atoms with van der Waals surface area (Å²) in [5, 5.41) is 10.7. The smallest absolute Gasteiger partial charge is 0.267 e. The van der Waals surface area contributed by atoms with Gasteiger partial charge in [-0.3, -0.25) is 9.00 Å². The number of hydrogen-bond donors (Lipinski definition) is 1. The molecule has 2 aliphatic carbocycles. The van der Waals surface area contributed by atoms with Crippen LogP contribution in [-0.2, 0) is 23.6 Å². The molecule has 2 heterocycles. The fourth-order valence-electron chi connectivity index (χ4n) is 5.57. The Morgan fingerprint density at radius 1 is 0.949 bits per heavy atom. The van der Waals surface area contributed by atoms with Crippen molar-refractivity contribution in [1.82, 2.24) is 20.2 Å². The van der Waals surface area contributed by atoms with Crippen molar-refractivity contribution in [3.63, 3.8) is 0 Å². The van der Waals surface area contributed by atoms with E-state index in [0.717, 1.165) is 30.3 Å². The largest absolute Gasteiger partial charge is 0.272 e. The minimum absolute atomic E-state index is 0.136. The molecular weight excluding hydrogens is 504 g/mol. The van der Waals surface area contributed by atoms with E-state index >= 15 is 0 Å². The van der Waals surface area contributed by atoms with Gasteiger partial charge in [-0.25, -0.2) is 15.1 Å². The molecule has 3 aromatic carbocycles. The summed E-state index contributed by atoms with van der Waals surface area (Å²) >= 11 is 0. The highest BCUT2D eigenvalue weighted by Crippen LogP contribution is 2.40. The molecule has 1 unspecified atom stereocenters. The van der Waals surface area contributed by atoms with E-state index in [-0.39, 0.29) is 5.56 Å². The topological polar surface area (TPSA) is 88.6 Å². The molecule has 1 N–H and O–H groups in total. The lowest BCUT2D eigenvalue weighted by Gasteiger charge is -2.26. The molecule has 5 aromatic rings. The molecule has 0 amide bonds. The summed E-state index contributed by atoms with van der Waals surface area (Å²) in [6.45, 7) is 0. The first kappa shape index (κ1) is 25.1. The zero-order chi connectivity index (χ0) is 26.8. The fraction of sp³-hybridized carbons (Fsp3) is 0.188. The number of allylic oxidation sites excluding steroid dienone is 4. The highest BCUT2D eigenvalue weighted by Gasteiger charge is 2.22. The van der Waals surface area contributed by atoms with E-state index in [9.17, 15) is 9.00 Å². The molecule has 0 bridgehead atoms. The van der Waals surface area contributed by atoms with Crippen LogP contribution in [0.1, 0.15) is 41.6 Å². The molecule has 0 radical (unpaired) electrons. The number of aryl methyl sites for hydroxylation is 1. The van der Waals surface area contributed by atoms with Crippen molar-refractivity contribution in [3.8, 4) is 0 Å². The Hall–Kier alpha value is -4.23. The van der Waals surface area contributed by atoms with Gasteiger partial charge in [-0.1, -0.05) is 66.3 Å². The van der Waals surface area contributed by atoms with E-state index in [0.29, 0.717) is 10.5 Å². The highest BCUT2D eigenvalue weighted by atomic mass is 32.2. The molecule has 1 atom stereocenters. The third-order valence-corrected chi connectivity index (χ3v) is 8.09. The Labute approximate surface area is 229 Å². The van der Waals surface area contributed by atoms with Gasteiger partial charge in [0, 0.05) is 35.3 Å². The number of hydrogen-bond acceptors (Lipinski definition) is 5. The maximum absolute atomic E-state index is 11.8. The molecule has 194 valence electrons. The van der Waals surface area contributed by atoms with Crippen LogP contribution >= 0.6 is 0 Å². The summed E-state index contributed by atoms with van der Waals surface area (Å²) in [5.41, 5.74) is 7.97. The average molecular weight is 533 g/mol. The summed E-state index contributed by atoms with van der Waals surface area (Å²) in [4.78, 5) is 19.7. The van der Waals surface area contributed by atoms with Gasteiger partial charge in [-0.15, -0.1) is 0 Å². The number of aromatic amines is 1. The summed E-state index contributed by atoms with van der Waals surface area (Å²) in [6, 6.07) is 20.3. The van der Waals surface area contributed by atoms with Crippen LogP contribution in [0, 0.1) is 0 Å². The van der Waals surface area contributed by atoms with Gasteiger partial charge < -0.3 is 0 Å².